The van der Waals surface area contributed by atoms with Crippen LogP contribution in [-0.4, -0.2) is 58.6 Å². The van der Waals surface area contributed by atoms with Gasteiger partial charge in [0.05, 0.1) is 0 Å². The predicted molar refractivity (Wildman–Crippen MR) is 85.0 cm³/mol. The molecule has 0 aromatic carbocycles. The Morgan fingerprint density at radius 2 is 1.20 bits per heavy atom. The standard InChI is InChI=1S/C14H14N6O5/c1-4-10(16-7-21)19(11(5-2)17-8-22)14(25)20(13(15)24)12(6-3)18-9-23/h4-6,10-12H,1-3H2,(H2,15,24). The van der Waals surface area contributed by atoms with E-state index in [0.29, 0.717) is 9.80 Å². The summed E-state index contributed by atoms with van der Waals surface area (Å²) in [5, 5.41) is 0. The lowest BCUT2D eigenvalue weighted by Gasteiger charge is -2.34. The first-order chi connectivity index (χ1) is 11.9. The fraction of sp³-hybridized carbons (Fsp3) is 0.214. The van der Waals surface area contributed by atoms with Crippen molar-refractivity contribution in [3.05, 3.63) is 38.0 Å². The summed E-state index contributed by atoms with van der Waals surface area (Å²) in [6.07, 6.45) is 2.31. The number of carbonyl (C=O) groups excluding carboxylic acids is 5. The van der Waals surface area contributed by atoms with Crippen LogP contribution in [0.3, 0.4) is 0 Å². The maximum absolute atomic E-state index is 12.7. The van der Waals surface area contributed by atoms with Gasteiger partial charge >= 0.3 is 12.1 Å². The largest absolute Gasteiger partial charge is 0.351 e. The van der Waals surface area contributed by atoms with Crippen molar-refractivity contribution < 1.29 is 24.0 Å². The van der Waals surface area contributed by atoms with E-state index in [4.69, 9.17) is 5.73 Å². The van der Waals surface area contributed by atoms with E-state index in [2.05, 4.69) is 34.7 Å². The Balaban J connectivity index is 6.36. The molecule has 0 aliphatic rings. The van der Waals surface area contributed by atoms with Crippen molar-refractivity contribution >= 4 is 30.3 Å². The van der Waals surface area contributed by atoms with Gasteiger partial charge in [-0.3, -0.25) is 4.90 Å². The monoisotopic (exact) mass is 346 g/mol. The van der Waals surface area contributed by atoms with E-state index in [1.807, 2.05) is 0 Å². The molecular formula is C14H14N6O5. The normalized spacial score (nSPS) is 12.5. The lowest BCUT2D eigenvalue weighted by molar-refractivity contribution is 0.132. The van der Waals surface area contributed by atoms with Crippen molar-refractivity contribution in [3.63, 3.8) is 0 Å². The van der Waals surface area contributed by atoms with Crippen molar-refractivity contribution in [1.82, 2.24) is 9.80 Å². The average Bonchev–Trinajstić information content (AvgIpc) is 2.59. The number of nitrogens with zero attached hydrogens (tertiary/aromatic N) is 5. The quantitative estimate of drug-likeness (QED) is 0.362. The number of imide groups is 1. The Morgan fingerprint density at radius 3 is 1.48 bits per heavy atom. The predicted octanol–water partition coefficient (Wildman–Crippen LogP) is 0.333. The van der Waals surface area contributed by atoms with Gasteiger partial charge in [0.25, 0.3) is 0 Å². The summed E-state index contributed by atoms with van der Waals surface area (Å²) in [7, 11) is 0. The first kappa shape index (κ1) is 21.1. The zero-order valence-electron chi connectivity index (χ0n) is 12.9. The molecule has 0 rings (SSSR count). The van der Waals surface area contributed by atoms with Crippen LogP contribution in [0.5, 0.6) is 0 Å². The molecule has 0 radical (unpaired) electrons. The van der Waals surface area contributed by atoms with Gasteiger partial charge in [0.1, 0.15) is 0 Å². The van der Waals surface area contributed by atoms with E-state index in [0.717, 1.165) is 24.3 Å². The molecule has 0 saturated carbocycles. The lowest BCUT2D eigenvalue weighted by atomic mass is 10.3. The van der Waals surface area contributed by atoms with Crippen molar-refractivity contribution in [2.75, 3.05) is 0 Å². The van der Waals surface area contributed by atoms with Crippen LogP contribution in [0.1, 0.15) is 0 Å². The second-order valence-electron chi connectivity index (χ2n) is 4.01. The zero-order valence-corrected chi connectivity index (χ0v) is 12.9. The number of urea groups is 2. The third kappa shape index (κ3) is 5.34. The van der Waals surface area contributed by atoms with E-state index in [9.17, 15) is 24.0 Å². The summed E-state index contributed by atoms with van der Waals surface area (Å²) < 4.78 is 0. The minimum absolute atomic E-state index is 0.311. The Morgan fingerprint density at radius 1 is 0.840 bits per heavy atom. The van der Waals surface area contributed by atoms with Crippen molar-refractivity contribution in [2.45, 2.75) is 18.5 Å². The van der Waals surface area contributed by atoms with Gasteiger partial charge in [0.15, 0.2) is 18.5 Å². The second-order valence-corrected chi connectivity index (χ2v) is 4.01. The molecule has 0 aromatic heterocycles. The number of nitrogens with two attached hydrogens (primary N) is 1. The number of hydrogen-bond donors (Lipinski definition) is 1. The maximum atomic E-state index is 12.7. The number of primary amides is 1. The molecule has 130 valence electrons. The van der Waals surface area contributed by atoms with Gasteiger partial charge in [0, 0.05) is 0 Å². The first-order valence-corrected chi connectivity index (χ1v) is 6.42. The SMILES string of the molecule is C=CC(N=C=O)N(C(N)=O)C(=O)N(C(C=C)N=C=O)C(C=C)N=C=O. The number of carbonyl (C=O) groups is 2. The van der Waals surface area contributed by atoms with E-state index < -0.39 is 30.6 Å². The second kappa shape index (κ2) is 10.8. The number of amides is 4. The highest BCUT2D eigenvalue weighted by Crippen LogP contribution is 2.17. The van der Waals surface area contributed by atoms with Crippen molar-refractivity contribution in [2.24, 2.45) is 20.7 Å². The van der Waals surface area contributed by atoms with Crippen LogP contribution in [0.2, 0.25) is 0 Å². The van der Waals surface area contributed by atoms with Crippen LogP contribution in [0.25, 0.3) is 0 Å². The molecular weight excluding hydrogens is 332 g/mol. The van der Waals surface area contributed by atoms with Crippen molar-refractivity contribution in [3.8, 4) is 0 Å². The fourth-order valence-corrected chi connectivity index (χ4v) is 1.68. The highest BCUT2D eigenvalue weighted by atomic mass is 16.2. The first-order valence-electron chi connectivity index (χ1n) is 6.42. The summed E-state index contributed by atoms with van der Waals surface area (Å²) >= 11 is 0. The molecule has 0 saturated heterocycles. The van der Waals surface area contributed by atoms with Crippen LogP contribution >= 0.6 is 0 Å². The minimum atomic E-state index is -1.50. The lowest BCUT2D eigenvalue weighted by Crippen LogP contribution is -2.56. The molecule has 3 unspecified atom stereocenters. The maximum Gasteiger partial charge on any atom is 0.334 e. The van der Waals surface area contributed by atoms with Gasteiger partial charge in [-0.15, -0.1) is 0 Å². The van der Waals surface area contributed by atoms with Gasteiger partial charge in [-0.2, -0.15) is 15.0 Å². The van der Waals surface area contributed by atoms with Crippen LogP contribution in [0.4, 0.5) is 9.59 Å². The average molecular weight is 346 g/mol. The minimum Gasteiger partial charge on any atom is -0.351 e. The van der Waals surface area contributed by atoms with Gasteiger partial charge in [0.2, 0.25) is 18.2 Å². The van der Waals surface area contributed by atoms with Crippen LogP contribution < -0.4 is 5.73 Å². The zero-order chi connectivity index (χ0) is 19.4. The Hall–Kier alpha value is -3.90. The van der Waals surface area contributed by atoms with Crippen molar-refractivity contribution in [1.29, 1.82) is 0 Å². The molecule has 0 aliphatic heterocycles. The van der Waals surface area contributed by atoms with Gasteiger partial charge < -0.3 is 5.73 Å². The number of aliphatic imine (C=N–C) groups is 3. The number of isocyanates is 3. The molecule has 3 atom stereocenters. The van der Waals surface area contributed by atoms with Gasteiger partial charge in [-0.25, -0.2) is 28.9 Å². The number of rotatable bonds is 9. The highest BCUT2D eigenvalue weighted by molar-refractivity contribution is 5.94. The van der Waals surface area contributed by atoms with Gasteiger partial charge in [-0.05, 0) is 18.2 Å². The summed E-state index contributed by atoms with van der Waals surface area (Å²) in [6.45, 7) is 10.1. The smallest absolute Gasteiger partial charge is 0.334 e. The molecule has 0 aromatic rings. The van der Waals surface area contributed by atoms with Gasteiger partial charge in [-0.1, -0.05) is 19.7 Å². The molecule has 0 bridgehead atoms. The molecule has 11 heteroatoms. The Labute approximate surface area is 142 Å². The molecule has 25 heavy (non-hydrogen) atoms. The van der Waals surface area contributed by atoms with Crippen LogP contribution in [-0.2, 0) is 14.4 Å². The molecule has 0 fully saturated rings. The summed E-state index contributed by atoms with van der Waals surface area (Å²) in [4.78, 5) is 66.8. The summed E-state index contributed by atoms with van der Waals surface area (Å²) in [6, 6.07) is -2.53. The Bertz CT molecular complexity index is 671. The Kier molecular flexibility index (Phi) is 9.08. The van der Waals surface area contributed by atoms with E-state index in [1.165, 1.54) is 12.2 Å². The molecule has 4 amide bonds. The van der Waals surface area contributed by atoms with Crippen LogP contribution in [0.15, 0.2) is 52.9 Å². The summed E-state index contributed by atoms with van der Waals surface area (Å²) in [5.41, 5.74) is 5.15. The van der Waals surface area contributed by atoms with E-state index in [-0.39, 0.29) is 0 Å². The highest BCUT2D eigenvalue weighted by Gasteiger charge is 2.36. The molecule has 2 N–H and O–H groups in total. The molecule has 0 aliphatic carbocycles. The fourth-order valence-electron chi connectivity index (χ4n) is 1.68. The number of hydrogen-bond acceptors (Lipinski definition) is 8. The van der Waals surface area contributed by atoms with E-state index in [1.54, 1.807) is 0 Å². The molecule has 0 spiro atoms. The molecule has 0 heterocycles. The summed E-state index contributed by atoms with van der Waals surface area (Å²) in [5.74, 6) is 0. The third-order valence-corrected chi connectivity index (χ3v) is 2.69. The molecule has 11 nitrogen and oxygen atoms in total. The topological polar surface area (TPSA) is 155 Å². The van der Waals surface area contributed by atoms with E-state index >= 15 is 0 Å². The third-order valence-electron chi connectivity index (χ3n) is 2.69. The van der Waals surface area contributed by atoms with Crippen LogP contribution in [0, 0.1) is 0 Å².